The average molecular weight is 420 g/mol. The monoisotopic (exact) mass is 419 g/mol. The number of aromatic nitrogens is 3. The molecule has 1 saturated heterocycles. The molecule has 31 heavy (non-hydrogen) atoms. The van der Waals surface area contributed by atoms with E-state index in [1.807, 2.05) is 67.9 Å². The van der Waals surface area contributed by atoms with Crippen LogP contribution in [0.15, 0.2) is 55.0 Å². The second-order valence-electron chi connectivity index (χ2n) is 7.99. The summed E-state index contributed by atoms with van der Waals surface area (Å²) in [5.41, 5.74) is 4.08. The average Bonchev–Trinajstić information content (AvgIpc) is 3.47. The first-order chi connectivity index (χ1) is 15.0. The van der Waals surface area contributed by atoms with Gasteiger partial charge in [-0.3, -0.25) is 14.5 Å². The van der Waals surface area contributed by atoms with E-state index >= 15 is 0 Å². The highest BCUT2D eigenvalue weighted by atomic mass is 16.5. The van der Waals surface area contributed by atoms with Gasteiger partial charge in [0.25, 0.3) is 0 Å². The maximum atomic E-state index is 13.0. The molecule has 0 spiro atoms. The minimum atomic E-state index is 0.0533. The van der Waals surface area contributed by atoms with Gasteiger partial charge in [0.05, 0.1) is 25.0 Å². The fourth-order valence-electron chi connectivity index (χ4n) is 4.10. The number of nitrogens with zero attached hydrogens (tertiary/aromatic N) is 5. The Morgan fingerprint density at radius 2 is 2.10 bits per heavy atom. The van der Waals surface area contributed by atoms with Crippen molar-refractivity contribution in [2.24, 2.45) is 7.05 Å². The third-order valence-electron chi connectivity index (χ3n) is 5.89. The number of rotatable bonds is 7. The minimum absolute atomic E-state index is 0.0533. The Balaban J connectivity index is 1.39. The van der Waals surface area contributed by atoms with Crippen molar-refractivity contribution in [2.75, 3.05) is 32.1 Å². The molecule has 162 valence electrons. The first kappa shape index (κ1) is 20.9. The maximum Gasteiger partial charge on any atom is 0.224 e. The summed E-state index contributed by atoms with van der Waals surface area (Å²) >= 11 is 0. The number of anilines is 1. The molecule has 1 fully saturated rings. The van der Waals surface area contributed by atoms with Crippen molar-refractivity contribution in [2.45, 2.75) is 25.3 Å². The van der Waals surface area contributed by atoms with E-state index in [0.29, 0.717) is 13.0 Å². The Labute approximate surface area is 183 Å². The van der Waals surface area contributed by atoms with Gasteiger partial charge in [-0.2, -0.15) is 5.10 Å². The zero-order chi connectivity index (χ0) is 21.8. The Kier molecular flexibility index (Phi) is 6.21. The van der Waals surface area contributed by atoms with E-state index in [1.54, 1.807) is 11.8 Å². The summed E-state index contributed by atoms with van der Waals surface area (Å²) in [4.78, 5) is 21.8. The van der Waals surface area contributed by atoms with E-state index in [-0.39, 0.29) is 11.9 Å². The molecule has 3 heterocycles. The summed E-state index contributed by atoms with van der Waals surface area (Å²) < 4.78 is 7.08. The first-order valence-electron chi connectivity index (χ1n) is 10.6. The second kappa shape index (κ2) is 9.20. The van der Waals surface area contributed by atoms with E-state index in [1.165, 1.54) is 0 Å². The number of carbonyl (C=O) groups is 1. The lowest BCUT2D eigenvalue weighted by molar-refractivity contribution is -0.132. The van der Waals surface area contributed by atoms with Gasteiger partial charge in [-0.25, -0.2) is 0 Å². The standard InChI is InChI=1S/C24H29N5O2/c1-27(20-6-4-7-21(14-20)31-3)13-11-24(30)29-12-5-8-23(29)22-10-9-18(15-25-22)19-16-26-28(2)17-19/h4,6-7,9-10,14-17,23H,5,8,11-13H2,1-3H3/t23-/m1/s1. The fraction of sp³-hybridized carbons (Fsp3) is 0.375. The number of pyridine rings is 1. The largest absolute Gasteiger partial charge is 0.497 e. The van der Waals surface area contributed by atoms with Crippen LogP contribution in [0.25, 0.3) is 11.1 Å². The van der Waals surface area contributed by atoms with Crippen LogP contribution in [-0.2, 0) is 11.8 Å². The van der Waals surface area contributed by atoms with E-state index in [2.05, 4.69) is 21.0 Å². The number of carbonyl (C=O) groups excluding carboxylic acids is 1. The van der Waals surface area contributed by atoms with E-state index in [9.17, 15) is 4.79 Å². The molecular formula is C24H29N5O2. The molecule has 1 amide bonds. The van der Waals surface area contributed by atoms with E-state index in [4.69, 9.17) is 4.74 Å². The molecule has 0 N–H and O–H groups in total. The lowest BCUT2D eigenvalue weighted by atomic mass is 10.1. The number of likely N-dealkylation sites (tertiary alicyclic amines) is 1. The topological polar surface area (TPSA) is 63.5 Å². The molecule has 1 aliphatic heterocycles. The highest BCUT2D eigenvalue weighted by Gasteiger charge is 2.30. The van der Waals surface area contributed by atoms with Crippen molar-refractivity contribution in [1.82, 2.24) is 19.7 Å². The zero-order valence-electron chi connectivity index (χ0n) is 18.4. The van der Waals surface area contributed by atoms with E-state index < -0.39 is 0 Å². The van der Waals surface area contributed by atoms with Gasteiger partial charge in [0, 0.05) is 68.9 Å². The molecule has 1 aromatic carbocycles. The van der Waals surface area contributed by atoms with Gasteiger partial charge in [0.2, 0.25) is 5.91 Å². The van der Waals surface area contributed by atoms with Crippen LogP contribution in [0.3, 0.4) is 0 Å². The number of methoxy groups -OCH3 is 1. The molecule has 0 saturated carbocycles. The third kappa shape index (κ3) is 4.71. The molecule has 0 bridgehead atoms. The van der Waals surface area contributed by atoms with E-state index in [0.717, 1.165) is 47.6 Å². The summed E-state index contributed by atoms with van der Waals surface area (Å²) in [7, 11) is 5.56. The van der Waals surface area contributed by atoms with Crippen molar-refractivity contribution < 1.29 is 9.53 Å². The van der Waals surface area contributed by atoms with Crippen LogP contribution in [0.1, 0.15) is 31.0 Å². The van der Waals surface area contributed by atoms with Crippen molar-refractivity contribution in [3.8, 4) is 16.9 Å². The number of hydrogen-bond acceptors (Lipinski definition) is 5. The van der Waals surface area contributed by atoms with Crippen molar-refractivity contribution >= 4 is 11.6 Å². The van der Waals surface area contributed by atoms with Gasteiger partial charge in [-0.15, -0.1) is 0 Å². The number of amides is 1. The SMILES string of the molecule is COc1cccc(N(C)CCC(=O)N2CCC[C@@H]2c2ccc(-c3cnn(C)c3)cn2)c1. The Hall–Kier alpha value is -3.35. The van der Waals surface area contributed by atoms with Crippen LogP contribution in [0.5, 0.6) is 5.75 Å². The molecule has 0 aliphatic carbocycles. The Bertz CT molecular complexity index is 1030. The van der Waals surface area contributed by atoms with Gasteiger partial charge in [0.15, 0.2) is 0 Å². The number of aryl methyl sites for hydroxylation is 1. The predicted octanol–water partition coefficient (Wildman–Crippen LogP) is 3.68. The van der Waals surface area contributed by atoms with Crippen molar-refractivity contribution in [3.05, 3.63) is 60.7 Å². The summed E-state index contributed by atoms with van der Waals surface area (Å²) in [5.74, 6) is 0.992. The predicted molar refractivity (Wildman–Crippen MR) is 121 cm³/mol. The van der Waals surface area contributed by atoms with Crippen LogP contribution in [0.2, 0.25) is 0 Å². The minimum Gasteiger partial charge on any atom is -0.497 e. The van der Waals surface area contributed by atoms with Crippen LogP contribution >= 0.6 is 0 Å². The lowest BCUT2D eigenvalue weighted by Gasteiger charge is -2.26. The zero-order valence-corrected chi connectivity index (χ0v) is 18.4. The highest BCUT2D eigenvalue weighted by Crippen LogP contribution is 2.32. The summed E-state index contributed by atoms with van der Waals surface area (Å²) in [5, 5.41) is 4.22. The van der Waals surface area contributed by atoms with Crippen LogP contribution in [-0.4, -0.2) is 52.8 Å². The van der Waals surface area contributed by atoms with Gasteiger partial charge < -0.3 is 14.5 Å². The van der Waals surface area contributed by atoms with Gasteiger partial charge >= 0.3 is 0 Å². The lowest BCUT2D eigenvalue weighted by Crippen LogP contribution is -2.33. The smallest absolute Gasteiger partial charge is 0.224 e. The number of ether oxygens (including phenoxy) is 1. The molecule has 0 radical (unpaired) electrons. The van der Waals surface area contributed by atoms with Gasteiger partial charge in [-0.1, -0.05) is 12.1 Å². The first-order valence-corrected chi connectivity index (χ1v) is 10.6. The Morgan fingerprint density at radius 1 is 1.23 bits per heavy atom. The molecule has 7 nitrogen and oxygen atoms in total. The quantitative estimate of drug-likeness (QED) is 0.585. The van der Waals surface area contributed by atoms with Crippen LogP contribution in [0, 0.1) is 0 Å². The van der Waals surface area contributed by atoms with Crippen LogP contribution < -0.4 is 9.64 Å². The molecule has 1 aliphatic rings. The molecule has 2 aromatic heterocycles. The molecule has 1 atom stereocenters. The number of benzene rings is 1. The van der Waals surface area contributed by atoms with Crippen molar-refractivity contribution in [3.63, 3.8) is 0 Å². The van der Waals surface area contributed by atoms with Gasteiger partial charge in [0.1, 0.15) is 5.75 Å². The highest BCUT2D eigenvalue weighted by molar-refractivity contribution is 5.77. The Morgan fingerprint density at radius 3 is 2.81 bits per heavy atom. The normalized spacial score (nSPS) is 15.8. The summed E-state index contributed by atoms with van der Waals surface area (Å²) in [6.07, 6.45) is 8.12. The molecule has 3 aromatic rings. The van der Waals surface area contributed by atoms with Gasteiger partial charge in [-0.05, 0) is 31.0 Å². The maximum absolute atomic E-state index is 13.0. The fourth-order valence-corrected chi connectivity index (χ4v) is 4.10. The van der Waals surface area contributed by atoms with Crippen LogP contribution in [0.4, 0.5) is 5.69 Å². The second-order valence-corrected chi connectivity index (χ2v) is 7.99. The summed E-state index contributed by atoms with van der Waals surface area (Å²) in [6.45, 7) is 1.45. The molecule has 0 unspecified atom stereocenters. The number of hydrogen-bond donors (Lipinski definition) is 0. The molecule has 4 rings (SSSR count). The molecule has 7 heteroatoms. The third-order valence-corrected chi connectivity index (χ3v) is 5.89. The molecular weight excluding hydrogens is 390 g/mol. The summed E-state index contributed by atoms with van der Waals surface area (Å²) in [6, 6.07) is 12.1. The van der Waals surface area contributed by atoms with Crippen molar-refractivity contribution in [1.29, 1.82) is 0 Å².